The minimum Gasteiger partial charge on any atom is -0.399 e. The van der Waals surface area contributed by atoms with Crippen molar-refractivity contribution in [3.8, 4) is 0 Å². The smallest absolute Gasteiger partial charge is 0.269 e. The van der Waals surface area contributed by atoms with E-state index in [1.165, 1.54) is 6.92 Å². The number of aromatic nitrogens is 2. The standard InChI is InChI=1S/C22H15N5O3/c1-8(28)27-21(29)17-15-11-6-9(23)2-4-13(11)25-19(15)20-16(18(17)22(27)30)12-7-10(24)3-5-14(12)26-20/h2-7,25-26H,23-24H2,1H3. The Morgan fingerprint density at radius 1 is 0.800 bits per heavy atom. The summed E-state index contributed by atoms with van der Waals surface area (Å²) in [5.41, 5.74) is 16.3. The van der Waals surface area contributed by atoms with Crippen LogP contribution >= 0.6 is 0 Å². The summed E-state index contributed by atoms with van der Waals surface area (Å²) in [6.07, 6.45) is 0. The van der Waals surface area contributed by atoms with E-state index in [1.807, 2.05) is 12.1 Å². The molecular weight excluding hydrogens is 382 g/mol. The van der Waals surface area contributed by atoms with E-state index in [4.69, 9.17) is 11.5 Å². The summed E-state index contributed by atoms with van der Waals surface area (Å²) in [5.74, 6) is -1.88. The van der Waals surface area contributed by atoms with Crippen molar-refractivity contribution < 1.29 is 14.4 Å². The molecule has 1 aliphatic heterocycles. The van der Waals surface area contributed by atoms with E-state index in [9.17, 15) is 14.4 Å². The molecule has 2 aromatic heterocycles. The van der Waals surface area contributed by atoms with Gasteiger partial charge in [0.1, 0.15) is 0 Å². The molecule has 0 saturated heterocycles. The van der Waals surface area contributed by atoms with Crippen molar-refractivity contribution in [2.24, 2.45) is 0 Å². The Kier molecular flexibility index (Phi) is 2.87. The van der Waals surface area contributed by atoms with Gasteiger partial charge >= 0.3 is 0 Å². The average Bonchev–Trinajstić information content (AvgIpc) is 3.31. The molecule has 0 bridgehead atoms. The second-order valence-electron chi connectivity index (χ2n) is 7.57. The van der Waals surface area contributed by atoms with Crippen molar-refractivity contribution in [1.82, 2.24) is 14.9 Å². The van der Waals surface area contributed by atoms with E-state index in [0.29, 0.717) is 48.9 Å². The van der Waals surface area contributed by atoms with Crippen molar-refractivity contribution in [1.29, 1.82) is 0 Å². The van der Waals surface area contributed by atoms with E-state index in [2.05, 4.69) is 9.97 Å². The Morgan fingerprint density at radius 2 is 1.23 bits per heavy atom. The second-order valence-corrected chi connectivity index (χ2v) is 7.57. The number of carbonyl (C=O) groups is 3. The first-order valence-corrected chi connectivity index (χ1v) is 9.34. The highest BCUT2D eigenvalue weighted by Crippen LogP contribution is 2.44. The molecule has 1 aliphatic rings. The SMILES string of the molecule is CC(=O)N1C(=O)c2c(c3c4cc(N)ccc4[nH]c3c3[nH]c4ccc(N)cc4c23)C1=O. The minimum atomic E-state index is -0.629. The van der Waals surface area contributed by atoms with Gasteiger partial charge in [0.25, 0.3) is 11.8 Å². The van der Waals surface area contributed by atoms with Crippen LogP contribution in [-0.2, 0) is 4.79 Å². The Bertz CT molecular complexity index is 1520. The Balaban J connectivity index is 1.95. The first kappa shape index (κ1) is 16.6. The van der Waals surface area contributed by atoms with E-state index in [-0.39, 0.29) is 11.1 Å². The quantitative estimate of drug-likeness (QED) is 0.235. The number of hydrogen-bond donors (Lipinski definition) is 4. The lowest BCUT2D eigenvalue weighted by molar-refractivity contribution is -0.124. The number of rotatable bonds is 0. The van der Waals surface area contributed by atoms with Crippen LogP contribution in [0.3, 0.4) is 0 Å². The maximum Gasteiger partial charge on any atom is 0.269 e. The molecule has 0 radical (unpaired) electrons. The van der Waals surface area contributed by atoms with Crippen molar-refractivity contribution in [2.45, 2.75) is 6.92 Å². The molecule has 0 spiro atoms. The van der Waals surface area contributed by atoms with Crippen molar-refractivity contribution >= 4 is 72.7 Å². The zero-order valence-corrected chi connectivity index (χ0v) is 15.8. The third kappa shape index (κ3) is 1.82. The van der Waals surface area contributed by atoms with Gasteiger partial charge in [-0.3, -0.25) is 14.4 Å². The van der Waals surface area contributed by atoms with Gasteiger partial charge < -0.3 is 21.4 Å². The molecule has 5 aromatic rings. The number of nitrogens with two attached hydrogens (primary N) is 2. The highest BCUT2D eigenvalue weighted by Gasteiger charge is 2.43. The van der Waals surface area contributed by atoms with Crippen LogP contribution in [0.2, 0.25) is 0 Å². The summed E-state index contributed by atoms with van der Waals surface area (Å²) < 4.78 is 0. The lowest BCUT2D eigenvalue weighted by Gasteiger charge is -2.07. The Hall–Kier alpha value is -4.33. The average molecular weight is 397 g/mol. The van der Waals surface area contributed by atoms with Crippen LogP contribution in [0.25, 0.3) is 43.6 Å². The largest absolute Gasteiger partial charge is 0.399 e. The normalized spacial score (nSPS) is 14.0. The number of amides is 3. The molecule has 6 N–H and O–H groups in total. The molecule has 6 rings (SSSR count). The molecule has 8 nitrogen and oxygen atoms in total. The van der Waals surface area contributed by atoms with E-state index >= 15 is 0 Å². The maximum absolute atomic E-state index is 13.3. The van der Waals surface area contributed by atoms with Gasteiger partial charge in [0.2, 0.25) is 5.91 Å². The highest BCUT2D eigenvalue weighted by atomic mass is 16.2. The van der Waals surface area contributed by atoms with Gasteiger partial charge in [-0.25, -0.2) is 4.90 Å². The molecule has 30 heavy (non-hydrogen) atoms. The summed E-state index contributed by atoms with van der Waals surface area (Å²) in [4.78, 5) is 46.1. The first-order chi connectivity index (χ1) is 14.4. The van der Waals surface area contributed by atoms with E-state index in [0.717, 1.165) is 11.0 Å². The van der Waals surface area contributed by atoms with Crippen LogP contribution in [-0.4, -0.2) is 32.6 Å². The molecule has 0 unspecified atom stereocenters. The van der Waals surface area contributed by atoms with Gasteiger partial charge in [-0.05, 0) is 36.4 Å². The Labute approximate surface area is 168 Å². The van der Waals surface area contributed by atoms with Gasteiger partial charge in [-0.1, -0.05) is 0 Å². The topological polar surface area (TPSA) is 138 Å². The van der Waals surface area contributed by atoms with Gasteiger partial charge in [0.05, 0.1) is 22.2 Å². The van der Waals surface area contributed by atoms with Gasteiger partial charge in [-0.15, -0.1) is 0 Å². The summed E-state index contributed by atoms with van der Waals surface area (Å²) in [6, 6.07) is 10.7. The molecular formula is C22H15N5O3. The number of fused-ring (bicyclic) bond motifs is 10. The molecule has 3 aromatic carbocycles. The molecule has 0 saturated carbocycles. The van der Waals surface area contributed by atoms with Crippen LogP contribution < -0.4 is 11.5 Å². The summed E-state index contributed by atoms with van der Waals surface area (Å²) in [5, 5.41) is 2.57. The zero-order valence-electron chi connectivity index (χ0n) is 15.8. The number of nitrogens with one attached hydrogen (secondary N) is 2. The molecule has 3 heterocycles. The fourth-order valence-corrected chi connectivity index (χ4v) is 4.59. The number of imide groups is 3. The fourth-order valence-electron chi connectivity index (χ4n) is 4.59. The van der Waals surface area contributed by atoms with E-state index in [1.54, 1.807) is 24.3 Å². The number of carbonyl (C=O) groups excluding carboxylic acids is 3. The predicted octanol–water partition coefficient (Wildman–Crippen LogP) is 3.26. The second kappa shape index (κ2) is 5.18. The number of anilines is 2. The van der Waals surface area contributed by atoms with Gasteiger partial charge in [0, 0.05) is 50.9 Å². The first-order valence-electron chi connectivity index (χ1n) is 9.34. The number of nitrogen functional groups attached to an aromatic ring is 2. The zero-order chi connectivity index (χ0) is 20.9. The lowest BCUT2D eigenvalue weighted by Crippen LogP contribution is -2.34. The highest BCUT2D eigenvalue weighted by molar-refractivity contribution is 6.41. The third-order valence-electron chi connectivity index (χ3n) is 5.79. The predicted molar refractivity (Wildman–Crippen MR) is 115 cm³/mol. The summed E-state index contributed by atoms with van der Waals surface area (Å²) in [7, 11) is 0. The molecule has 0 fully saturated rings. The summed E-state index contributed by atoms with van der Waals surface area (Å²) >= 11 is 0. The monoisotopic (exact) mass is 397 g/mol. The molecule has 3 amide bonds. The van der Waals surface area contributed by atoms with Crippen LogP contribution in [0.5, 0.6) is 0 Å². The van der Waals surface area contributed by atoms with Gasteiger partial charge in [0.15, 0.2) is 0 Å². The molecule has 146 valence electrons. The van der Waals surface area contributed by atoms with E-state index < -0.39 is 17.7 Å². The van der Waals surface area contributed by atoms with Crippen molar-refractivity contribution in [2.75, 3.05) is 11.5 Å². The number of H-pyrrole nitrogens is 2. The summed E-state index contributed by atoms with van der Waals surface area (Å²) in [6.45, 7) is 1.20. The van der Waals surface area contributed by atoms with Crippen LogP contribution in [0.15, 0.2) is 36.4 Å². The van der Waals surface area contributed by atoms with Crippen LogP contribution in [0, 0.1) is 0 Å². The fraction of sp³-hybridized carbons (Fsp3) is 0.0455. The third-order valence-corrected chi connectivity index (χ3v) is 5.79. The number of aromatic amines is 2. The van der Waals surface area contributed by atoms with Crippen LogP contribution in [0.1, 0.15) is 27.6 Å². The maximum atomic E-state index is 13.3. The van der Waals surface area contributed by atoms with Gasteiger partial charge in [-0.2, -0.15) is 0 Å². The number of benzene rings is 3. The van der Waals surface area contributed by atoms with Crippen molar-refractivity contribution in [3.05, 3.63) is 47.5 Å². The number of nitrogens with zero attached hydrogens (tertiary/aromatic N) is 1. The molecule has 8 heteroatoms. The van der Waals surface area contributed by atoms with Crippen molar-refractivity contribution in [3.63, 3.8) is 0 Å². The van der Waals surface area contributed by atoms with Crippen LogP contribution in [0.4, 0.5) is 11.4 Å². The lowest BCUT2D eigenvalue weighted by atomic mass is 9.96. The molecule has 0 atom stereocenters. The minimum absolute atomic E-state index is 0.206. The Morgan fingerprint density at radius 3 is 1.63 bits per heavy atom. The molecule has 0 aliphatic carbocycles. The number of hydrogen-bond acceptors (Lipinski definition) is 5.